The molecule has 1 fully saturated rings. The molecule has 1 unspecified atom stereocenters. The van der Waals surface area contributed by atoms with Crippen molar-refractivity contribution < 1.29 is 18.8 Å². The molecule has 8 nitrogen and oxygen atoms in total. The smallest absolute Gasteiger partial charge is 0.276 e. The van der Waals surface area contributed by atoms with E-state index in [-0.39, 0.29) is 12.0 Å². The van der Waals surface area contributed by atoms with Crippen LogP contribution in [-0.4, -0.2) is 52.5 Å². The number of aromatic nitrogens is 3. The van der Waals surface area contributed by atoms with Crippen molar-refractivity contribution >= 4 is 5.91 Å². The second kappa shape index (κ2) is 8.08. The first-order chi connectivity index (χ1) is 13.7. The van der Waals surface area contributed by atoms with Gasteiger partial charge in [-0.15, -0.1) is 10.2 Å². The van der Waals surface area contributed by atoms with E-state index >= 15 is 0 Å². The summed E-state index contributed by atoms with van der Waals surface area (Å²) in [6, 6.07) is 14.6. The van der Waals surface area contributed by atoms with Gasteiger partial charge in [-0.05, 0) is 12.8 Å². The highest BCUT2D eigenvalue weighted by atomic mass is 16.5. The van der Waals surface area contributed by atoms with Gasteiger partial charge in [-0.2, -0.15) is 0 Å². The Kier molecular flexibility index (Phi) is 5.18. The van der Waals surface area contributed by atoms with Crippen LogP contribution < -0.4 is 9.47 Å². The van der Waals surface area contributed by atoms with Gasteiger partial charge in [-0.3, -0.25) is 4.79 Å². The molecular formula is C20H20N4O4. The Balaban J connectivity index is 1.41. The quantitative estimate of drug-likeness (QED) is 0.672. The number of methoxy groups -OCH3 is 1. The van der Waals surface area contributed by atoms with Gasteiger partial charge in [0.1, 0.15) is 6.10 Å². The standard InChI is InChI=1S/C20H20N4O4/c1-26-18-9-10-19(22-21-18)27-15-8-5-11-24(13-15)20(25)16-12-17(28-23-16)14-6-3-2-4-7-14/h2-4,6-7,9-10,12,15H,5,8,11,13H2,1H3. The van der Waals surface area contributed by atoms with Crippen molar-refractivity contribution in [1.82, 2.24) is 20.3 Å². The van der Waals surface area contributed by atoms with Gasteiger partial charge in [0.2, 0.25) is 11.8 Å². The molecule has 28 heavy (non-hydrogen) atoms. The molecule has 2 aromatic heterocycles. The predicted octanol–water partition coefficient (Wildman–Crippen LogP) is 2.82. The topological polar surface area (TPSA) is 90.6 Å². The third-order valence-electron chi connectivity index (χ3n) is 4.57. The number of piperidine rings is 1. The predicted molar refractivity (Wildman–Crippen MR) is 100 cm³/mol. The van der Waals surface area contributed by atoms with Crippen molar-refractivity contribution in [3.05, 3.63) is 54.2 Å². The largest absolute Gasteiger partial charge is 0.480 e. The zero-order chi connectivity index (χ0) is 19.3. The summed E-state index contributed by atoms with van der Waals surface area (Å²) in [5, 5.41) is 11.8. The monoisotopic (exact) mass is 380 g/mol. The van der Waals surface area contributed by atoms with Crippen LogP contribution in [0.3, 0.4) is 0 Å². The summed E-state index contributed by atoms with van der Waals surface area (Å²) in [6.45, 7) is 1.11. The zero-order valence-electron chi connectivity index (χ0n) is 15.4. The fraction of sp³-hybridized carbons (Fsp3) is 0.300. The van der Waals surface area contributed by atoms with E-state index in [1.807, 2.05) is 30.3 Å². The highest BCUT2D eigenvalue weighted by Crippen LogP contribution is 2.22. The van der Waals surface area contributed by atoms with Crippen molar-refractivity contribution in [3.8, 4) is 23.1 Å². The SMILES string of the molecule is COc1ccc(OC2CCCN(C(=O)c3cc(-c4ccccc4)on3)C2)nn1. The van der Waals surface area contributed by atoms with E-state index in [9.17, 15) is 4.79 Å². The van der Waals surface area contributed by atoms with Gasteiger partial charge in [0.15, 0.2) is 11.5 Å². The second-order valence-electron chi connectivity index (χ2n) is 6.49. The van der Waals surface area contributed by atoms with Crippen LogP contribution in [0.15, 0.2) is 53.1 Å². The van der Waals surface area contributed by atoms with Gasteiger partial charge < -0.3 is 18.9 Å². The molecule has 1 atom stereocenters. The molecule has 1 aliphatic heterocycles. The summed E-state index contributed by atoms with van der Waals surface area (Å²) in [5.74, 6) is 1.24. The first-order valence-corrected chi connectivity index (χ1v) is 9.09. The van der Waals surface area contributed by atoms with Gasteiger partial charge in [0.25, 0.3) is 5.91 Å². The number of carbonyl (C=O) groups is 1. The minimum absolute atomic E-state index is 0.152. The van der Waals surface area contributed by atoms with Gasteiger partial charge in [-0.1, -0.05) is 35.5 Å². The number of likely N-dealkylation sites (tertiary alicyclic amines) is 1. The molecule has 144 valence electrons. The Hall–Kier alpha value is -3.42. The van der Waals surface area contributed by atoms with Crippen LogP contribution in [-0.2, 0) is 0 Å². The number of ether oxygens (including phenoxy) is 2. The Labute approximate surface area is 162 Å². The lowest BCUT2D eigenvalue weighted by atomic mass is 10.1. The maximum absolute atomic E-state index is 12.8. The summed E-state index contributed by atoms with van der Waals surface area (Å²) in [4.78, 5) is 14.6. The highest BCUT2D eigenvalue weighted by molar-refractivity contribution is 5.93. The van der Waals surface area contributed by atoms with E-state index in [1.54, 1.807) is 23.1 Å². The molecule has 1 saturated heterocycles. The number of hydrogen-bond acceptors (Lipinski definition) is 7. The average Bonchev–Trinajstić information content (AvgIpc) is 3.25. The Morgan fingerprint density at radius 3 is 2.68 bits per heavy atom. The molecule has 4 rings (SSSR count). The Bertz CT molecular complexity index is 927. The van der Waals surface area contributed by atoms with Crippen LogP contribution in [0.25, 0.3) is 11.3 Å². The van der Waals surface area contributed by atoms with E-state index < -0.39 is 0 Å². The van der Waals surface area contributed by atoms with Gasteiger partial charge in [0, 0.05) is 30.3 Å². The normalized spacial score (nSPS) is 16.6. The molecule has 1 amide bonds. The van der Waals surface area contributed by atoms with Gasteiger partial charge >= 0.3 is 0 Å². The van der Waals surface area contributed by atoms with Crippen molar-refractivity contribution in [2.24, 2.45) is 0 Å². The molecule has 0 aliphatic carbocycles. The maximum Gasteiger partial charge on any atom is 0.276 e. The summed E-state index contributed by atoms with van der Waals surface area (Å²) in [6.07, 6.45) is 1.52. The Morgan fingerprint density at radius 2 is 1.93 bits per heavy atom. The van der Waals surface area contributed by atoms with Crippen molar-refractivity contribution in [3.63, 3.8) is 0 Å². The molecular weight excluding hydrogens is 360 g/mol. The van der Waals surface area contributed by atoms with Crippen LogP contribution in [0.4, 0.5) is 0 Å². The molecule has 0 N–H and O–H groups in total. The second-order valence-corrected chi connectivity index (χ2v) is 6.49. The molecule has 8 heteroatoms. The third-order valence-corrected chi connectivity index (χ3v) is 4.57. The summed E-state index contributed by atoms with van der Waals surface area (Å²) in [5.41, 5.74) is 1.18. The van der Waals surface area contributed by atoms with E-state index in [4.69, 9.17) is 14.0 Å². The fourth-order valence-corrected chi connectivity index (χ4v) is 3.15. The first-order valence-electron chi connectivity index (χ1n) is 9.09. The Morgan fingerprint density at radius 1 is 1.14 bits per heavy atom. The lowest BCUT2D eigenvalue weighted by Crippen LogP contribution is -2.44. The molecule has 1 aromatic carbocycles. The fourth-order valence-electron chi connectivity index (χ4n) is 3.15. The summed E-state index contributed by atoms with van der Waals surface area (Å²) >= 11 is 0. The van der Waals surface area contributed by atoms with Crippen LogP contribution >= 0.6 is 0 Å². The van der Waals surface area contributed by atoms with Gasteiger partial charge in [0.05, 0.1) is 13.7 Å². The number of rotatable bonds is 5. The highest BCUT2D eigenvalue weighted by Gasteiger charge is 2.28. The van der Waals surface area contributed by atoms with E-state index in [0.29, 0.717) is 36.3 Å². The van der Waals surface area contributed by atoms with Crippen LogP contribution in [0.5, 0.6) is 11.8 Å². The first kappa shape index (κ1) is 18.0. The molecule has 0 radical (unpaired) electrons. The van der Waals surface area contributed by atoms with Crippen LogP contribution in [0.1, 0.15) is 23.3 Å². The van der Waals surface area contributed by atoms with Crippen molar-refractivity contribution in [2.75, 3.05) is 20.2 Å². The number of benzene rings is 1. The maximum atomic E-state index is 12.8. The summed E-state index contributed by atoms with van der Waals surface area (Å²) in [7, 11) is 1.53. The van der Waals surface area contributed by atoms with Crippen molar-refractivity contribution in [1.29, 1.82) is 0 Å². The lowest BCUT2D eigenvalue weighted by molar-refractivity contribution is 0.0516. The molecule has 0 spiro atoms. The molecule has 3 heterocycles. The van der Waals surface area contributed by atoms with Crippen LogP contribution in [0.2, 0.25) is 0 Å². The summed E-state index contributed by atoms with van der Waals surface area (Å²) < 4.78 is 16.2. The molecule has 1 aliphatic rings. The molecule has 0 bridgehead atoms. The lowest BCUT2D eigenvalue weighted by Gasteiger charge is -2.32. The number of carbonyl (C=O) groups excluding carboxylic acids is 1. The molecule has 0 saturated carbocycles. The number of nitrogens with zero attached hydrogens (tertiary/aromatic N) is 4. The van der Waals surface area contributed by atoms with Gasteiger partial charge in [-0.25, -0.2) is 0 Å². The third kappa shape index (κ3) is 3.95. The van der Waals surface area contributed by atoms with E-state index in [1.165, 1.54) is 7.11 Å². The average molecular weight is 380 g/mol. The van der Waals surface area contributed by atoms with E-state index in [2.05, 4.69) is 15.4 Å². The minimum Gasteiger partial charge on any atom is -0.480 e. The molecule has 3 aromatic rings. The van der Waals surface area contributed by atoms with Crippen molar-refractivity contribution in [2.45, 2.75) is 18.9 Å². The zero-order valence-corrected chi connectivity index (χ0v) is 15.4. The van der Waals surface area contributed by atoms with Crippen LogP contribution in [0, 0.1) is 0 Å². The number of hydrogen-bond donors (Lipinski definition) is 0. The number of amides is 1. The van der Waals surface area contributed by atoms with E-state index in [0.717, 1.165) is 18.4 Å². The minimum atomic E-state index is -0.167.